The zero-order chi connectivity index (χ0) is 23.6. The summed E-state index contributed by atoms with van der Waals surface area (Å²) in [6, 6.07) is -6.18. The average Bonchev–Trinajstić information content (AvgIpc) is 2.61. The Morgan fingerprint density at radius 1 is 0.767 bits per heavy atom. The number of amides is 3. The van der Waals surface area contributed by atoms with Crippen molar-refractivity contribution in [3.8, 4) is 0 Å². The van der Waals surface area contributed by atoms with E-state index in [1.807, 2.05) is 10.6 Å². The summed E-state index contributed by atoms with van der Waals surface area (Å²) >= 11 is 0. The molecule has 14 nitrogen and oxygen atoms in total. The summed E-state index contributed by atoms with van der Waals surface area (Å²) in [5.74, 6) is -8.08. The molecule has 0 fully saturated rings. The maximum Gasteiger partial charge on any atom is 0.328 e. The van der Waals surface area contributed by atoms with Gasteiger partial charge in [0.1, 0.15) is 18.1 Å². The van der Waals surface area contributed by atoms with Crippen molar-refractivity contribution >= 4 is 35.6 Å². The van der Waals surface area contributed by atoms with Gasteiger partial charge in [0.2, 0.25) is 17.7 Å². The molecule has 0 spiro atoms. The molecule has 0 heterocycles. The van der Waals surface area contributed by atoms with Crippen LogP contribution in [-0.2, 0) is 28.8 Å². The minimum atomic E-state index is -1.68. The molecule has 14 heteroatoms. The van der Waals surface area contributed by atoms with Gasteiger partial charge in [0, 0.05) is 0 Å². The van der Waals surface area contributed by atoms with Crippen LogP contribution in [0.2, 0.25) is 0 Å². The Balaban J connectivity index is 5.38. The van der Waals surface area contributed by atoms with Gasteiger partial charge < -0.3 is 42.1 Å². The molecular weight excluding hydrogens is 408 g/mol. The zero-order valence-electron chi connectivity index (χ0n) is 16.3. The third-order valence-corrected chi connectivity index (χ3v) is 3.79. The smallest absolute Gasteiger partial charge is 0.328 e. The van der Waals surface area contributed by atoms with Crippen molar-refractivity contribution < 1.29 is 49.2 Å². The van der Waals surface area contributed by atoms with Crippen molar-refractivity contribution in [2.24, 2.45) is 11.7 Å². The number of aliphatic hydroxyl groups is 1. The van der Waals surface area contributed by atoms with Crippen molar-refractivity contribution in [3.63, 3.8) is 0 Å². The van der Waals surface area contributed by atoms with Gasteiger partial charge in [-0.25, -0.2) is 4.79 Å². The molecule has 170 valence electrons. The minimum Gasteiger partial charge on any atom is -0.481 e. The third kappa shape index (κ3) is 9.29. The lowest BCUT2D eigenvalue weighted by Crippen LogP contribution is -2.59. The number of hydrogen-bond donors (Lipinski definition) is 8. The lowest BCUT2D eigenvalue weighted by molar-refractivity contribution is -0.144. The highest BCUT2D eigenvalue weighted by molar-refractivity contribution is 5.96. The van der Waals surface area contributed by atoms with Crippen LogP contribution in [0.15, 0.2) is 0 Å². The van der Waals surface area contributed by atoms with Crippen LogP contribution in [0.25, 0.3) is 0 Å². The van der Waals surface area contributed by atoms with E-state index in [4.69, 9.17) is 26.2 Å². The maximum atomic E-state index is 12.5. The monoisotopic (exact) mass is 434 g/mol. The Morgan fingerprint density at radius 2 is 1.27 bits per heavy atom. The van der Waals surface area contributed by atoms with Crippen LogP contribution in [0.5, 0.6) is 0 Å². The molecule has 0 aliphatic heterocycles. The van der Waals surface area contributed by atoms with Crippen LogP contribution >= 0.6 is 0 Å². The molecule has 0 aromatic carbocycles. The van der Waals surface area contributed by atoms with Gasteiger partial charge in [-0.15, -0.1) is 0 Å². The Kier molecular flexibility index (Phi) is 11.0. The predicted molar refractivity (Wildman–Crippen MR) is 97.8 cm³/mol. The summed E-state index contributed by atoms with van der Waals surface area (Å²) in [7, 11) is 0. The van der Waals surface area contributed by atoms with E-state index in [2.05, 4.69) is 5.32 Å². The maximum absolute atomic E-state index is 12.5. The average molecular weight is 434 g/mol. The van der Waals surface area contributed by atoms with Gasteiger partial charge in [-0.2, -0.15) is 0 Å². The summed E-state index contributed by atoms with van der Waals surface area (Å²) in [5, 5.41) is 41.8. The van der Waals surface area contributed by atoms with E-state index in [1.165, 1.54) is 13.8 Å². The topological polar surface area (TPSA) is 245 Å². The molecule has 9 N–H and O–H groups in total. The van der Waals surface area contributed by atoms with Crippen molar-refractivity contribution in [3.05, 3.63) is 0 Å². The number of aliphatic hydroxyl groups excluding tert-OH is 1. The molecule has 0 saturated heterocycles. The fraction of sp³-hybridized carbons (Fsp3) is 0.625. The van der Waals surface area contributed by atoms with E-state index in [0.717, 1.165) is 0 Å². The molecule has 0 aliphatic rings. The number of carbonyl (C=O) groups is 6. The second-order valence-corrected chi connectivity index (χ2v) is 6.68. The molecule has 3 amide bonds. The number of carboxylic acid groups (broad SMARTS) is 3. The van der Waals surface area contributed by atoms with Crippen LogP contribution in [0, 0.1) is 5.92 Å². The first kappa shape index (κ1) is 26.7. The van der Waals surface area contributed by atoms with Crippen molar-refractivity contribution in [2.75, 3.05) is 6.61 Å². The van der Waals surface area contributed by atoms with Crippen molar-refractivity contribution in [1.82, 2.24) is 16.0 Å². The fourth-order valence-corrected chi connectivity index (χ4v) is 2.18. The van der Waals surface area contributed by atoms with E-state index in [0.29, 0.717) is 0 Å². The van der Waals surface area contributed by atoms with Gasteiger partial charge >= 0.3 is 17.9 Å². The summed E-state index contributed by atoms with van der Waals surface area (Å²) < 4.78 is 0. The van der Waals surface area contributed by atoms with E-state index < -0.39 is 85.2 Å². The SMILES string of the molecule is CC(C)C(NC(=O)C(CC(=O)O)NC(=O)C(N)CC(=O)O)C(=O)NC(CO)C(=O)O. The minimum absolute atomic E-state index is 0.586. The van der Waals surface area contributed by atoms with E-state index >= 15 is 0 Å². The summed E-state index contributed by atoms with van der Waals surface area (Å²) in [6.07, 6.45) is -1.65. The number of carboxylic acids is 3. The molecule has 0 radical (unpaired) electrons. The first-order valence-corrected chi connectivity index (χ1v) is 8.74. The molecule has 0 rings (SSSR count). The lowest BCUT2D eigenvalue weighted by atomic mass is 10.0. The third-order valence-electron chi connectivity index (χ3n) is 3.79. The van der Waals surface area contributed by atoms with Gasteiger partial charge in [-0.05, 0) is 5.92 Å². The van der Waals surface area contributed by atoms with Gasteiger partial charge in [0.25, 0.3) is 0 Å². The van der Waals surface area contributed by atoms with Crippen LogP contribution in [0.1, 0.15) is 26.7 Å². The number of hydrogen-bond acceptors (Lipinski definition) is 8. The second kappa shape index (κ2) is 12.3. The largest absolute Gasteiger partial charge is 0.481 e. The Morgan fingerprint density at radius 3 is 1.67 bits per heavy atom. The molecule has 0 aromatic heterocycles. The quantitative estimate of drug-likeness (QED) is 0.141. The Labute approximate surface area is 170 Å². The molecule has 0 saturated carbocycles. The number of nitrogens with two attached hydrogens (primary N) is 1. The van der Waals surface area contributed by atoms with Gasteiger partial charge in [-0.3, -0.25) is 24.0 Å². The number of aliphatic carboxylic acids is 3. The molecule has 0 aromatic rings. The highest BCUT2D eigenvalue weighted by Crippen LogP contribution is 2.05. The first-order valence-electron chi connectivity index (χ1n) is 8.74. The highest BCUT2D eigenvalue weighted by Gasteiger charge is 2.32. The van der Waals surface area contributed by atoms with E-state index in [1.54, 1.807) is 0 Å². The van der Waals surface area contributed by atoms with Crippen molar-refractivity contribution in [2.45, 2.75) is 50.9 Å². The van der Waals surface area contributed by atoms with Gasteiger partial charge in [-0.1, -0.05) is 13.8 Å². The molecule has 4 unspecified atom stereocenters. The summed E-state index contributed by atoms with van der Waals surface area (Å²) in [5.41, 5.74) is 5.38. The lowest BCUT2D eigenvalue weighted by Gasteiger charge is -2.26. The van der Waals surface area contributed by atoms with Crippen molar-refractivity contribution in [1.29, 1.82) is 0 Å². The second-order valence-electron chi connectivity index (χ2n) is 6.68. The number of nitrogens with one attached hydrogen (secondary N) is 3. The molecule has 30 heavy (non-hydrogen) atoms. The molecule has 0 bridgehead atoms. The van der Waals surface area contributed by atoms with E-state index in [9.17, 15) is 28.8 Å². The van der Waals surface area contributed by atoms with Gasteiger partial charge in [0.15, 0.2) is 0 Å². The number of rotatable bonds is 13. The standard InChI is InChI=1S/C16H26N4O10/c1-6(2)12(15(28)19-9(5-21)16(29)30)20-14(27)8(4-11(24)25)18-13(26)7(17)3-10(22)23/h6-9,12,21H,3-5,17H2,1-2H3,(H,18,26)(H,19,28)(H,20,27)(H,22,23)(H,24,25)(H,29,30). The fourth-order valence-electron chi connectivity index (χ4n) is 2.18. The van der Waals surface area contributed by atoms with Gasteiger partial charge in [0.05, 0.1) is 25.5 Å². The van der Waals surface area contributed by atoms with Crippen LogP contribution < -0.4 is 21.7 Å². The highest BCUT2D eigenvalue weighted by atomic mass is 16.4. The Bertz CT molecular complexity index is 681. The molecule has 4 atom stereocenters. The molecular formula is C16H26N4O10. The summed E-state index contributed by atoms with van der Waals surface area (Å²) in [4.78, 5) is 69.3. The normalized spacial score (nSPS) is 14.7. The summed E-state index contributed by atoms with van der Waals surface area (Å²) in [6.45, 7) is 2.11. The first-order chi connectivity index (χ1) is 13.8. The van der Waals surface area contributed by atoms with E-state index in [-0.39, 0.29) is 0 Å². The number of carbonyl (C=O) groups excluding carboxylic acids is 3. The predicted octanol–water partition coefficient (Wildman–Crippen LogP) is -3.55. The molecule has 0 aliphatic carbocycles. The van der Waals surface area contributed by atoms with Crippen LogP contribution in [-0.4, -0.2) is 86.8 Å². The Hall–Kier alpha value is -3.26. The van der Waals surface area contributed by atoms with Crippen LogP contribution in [0.3, 0.4) is 0 Å². The van der Waals surface area contributed by atoms with Crippen LogP contribution in [0.4, 0.5) is 0 Å². The zero-order valence-corrected chi connectivity index (χ0v) is 16.3.